The summed E-state index contributed by atoms with van der Waals surface area (Å²) in [4.78, 5) is 13.3. The van der Waals surface area contributed by atoms with E-state index in [0.29, 0.717) is 0 Å². The lowest BCUT2D eigenvalue weighted by Crippen LogP contribution is -2.65. The van der Waals surface area contributed by atoms with Crippen molar-refractivity contribution >= 4 is 5.91 Å². The zero-order valence-corrected chi connectivity index (χ0v) is 57.0. The quantitative estimate of drug-likeness (QED) is 0.0204. The second kappa shape index (κ2) is 59.5. The van der Waals surface area contributed by atoms with Crippen molar-refractivity contribution in [3.05, 3.63) is 12.2 Å². The Bertz CT molecular complexity index is 1520. The number of hydrogen-bond acceptors (Lipinski definition) is 13. The summed E-state index contributed by atoms with van der Waals surface area (Å²) in [6.07, 6.45) is 57.3. The largest absolute Gasteiger partial charge is 0.394 e. The van der Waals surface area contributed by atoms with Gasteiger partial charge in [-0.25, -0.2) is 0 Å². The predicted octanol–water partition coefficient (Wildman–Crippen LogP) is 16.1. The lowest BCUT2D eigenvalue weighted by Gasteiger charge is -2.46. The molecule has 0 aromatic rings. The van der Waals surface area contributed by atoms with E-state index in [1.807, 2.05) is 6.08 Å². The number of carbonyl (C=O) groups is 1. The normalized spacial score (nSPS) is 23.1. The first-order valence-electron chi connectivity index (χ1n) is 37.9. The number of amides is 1. The summed E-state index contributed by atoms with van der Waals surface area (Å²) in [5, 5.41) is 87.4. The van der Waals surface area contributed by atoms with Crippen LogP contribution in [0.3, 0.4) is 0 Å². The number of hydrogen-bond donors (Lipinski definition) is 9. The molecule has 88 heavy (non-hydrogen) atoms. The minimum absolute atomic E-state index is 0.230. The summed E-state index contributed by atoms with van der Waals surface area (Å²) >= 11 is 0. The lowest BCUT2D eigenvalue weighted by molar-refractivity contribution is -0.359. The molecule has 0 bridgehead atoms. The molecule has 14 nitrogen and oxygen atoms in total. The fourth-order valence-electron chi connectivity index (χ4n) is 12.9. The lowest BCUT2D eigenvalue weighted by atomic mass is 9.97. The Labute approximate surface area is 539 Å². The van der Waals surface area contributed by atoms with Crippen molar-refractivity contribution in [2.75, 3.05) is 19.8 Å². The zero-order valence-electron chi connectivity index (χ0n) is 57.0. The van der Waals surface area contributed by atoms with E-state index in [4.69, 9.17) is 18.9 Å². The molecule has 2 heterocycles. The third kappa shape index (κ3) is 42.9. The molecule has 0 aliphatic carbocycles. The molecule has 2 saturated heterocycles. The molecule has 12 atom stereocenters. The van der Waals surface area contributed by atoms with E-state index >= 15 is 0 Å². The molecule has 2 rings (SSSR count). The molecule has 522 valence electrons. The van der Waals surface area contributed by atoms with Crippen LogP contribution in [0, 0.1) is 0 Å². The second-order valence-electron chi connectivity index (χ2n) is 27.1. The average molecular weight is 1250 g/mol. The SMILES string of the molecule is CCCCCCCCCCCCCCCCC/C=C/C(O)C(COC1OC(CO)C(OC2OC(CO)C(O)C(O)C2O)C(O)C1O)NC(=O)CCCCCCCCCCCCCCCCCCCCCCCCCCCCCCCCCCCCCCC. The Morgan fingerprint density at radius 1 is 0.398 bits per heavy atom. The van der Waals surface area contributed by atoms with E-state index < -0.39 is 86.8 Å². The summed E-state index contributed by atoms with van der Waals surface area (Å²) < 4.78 is 22.9. The van der Waals surface area contributed by atoms with Gasteiger partial charge in [-0.1, -0.05) is 347 Å². The van der Waals surface area contributed by atoms with Gasteiger partial charge in [0.05, 0.1) is 32.0 Å². The molecular formula is C74H143NO13. The number of aliphatic hydroxyl groups excluding tert-OH is 8. The Morgan fingerprint density at radius 3 is 1.05 bits per heavy atom. The third-order valence-electron chi connectivity index (χ3n) is 19.0. The van der Waals surface area contributed by atoms with Gasteiger partial charge in [0.25, 0.3) is 0 Å². The summed E-state index contributed by atoms with van der Waals surface area (Å²) in [6.45, 7) is 2.86. The van der Waals surface area contributed by atoms with Gasteiger partial charge in [0.15, 0.2) is 12.6 Å². The number of allylic oxidation sites excluding steroid dienone is 1. The number of nitrogens with one attached hydrogen (secondary N) is 1. The van der Waals surface area contributed by atoms with Gasteiger partial charge in [-0.2, -0.15) is 0 Å². The van der Waals surface area contributed by atoms with Gasteiger partial charge < -0.3 is 65.1 Å². The number of ether oxygens (including phenoxy) is 4. The number of rotatable bonds is 64. The molecule has 2 aliphatic rings. The van der Waals surface area contributed by atoms with Crippen LogP contribution in [0.4, 0.5) is 0 Å². The maximum atomic E-state index is 13.3. The zero-order chi connectivity index (χ0) is 63.8. The van der Waals surface area contributed by atoms with Crippen molar-refractivity contribution < 1.29 is 64.6 Å². The van der Waals surface area contributed by atoms with Crippen molar-refractivity contribution in [3.63, 3.8) is 0 Å². The average Bonchev–Trinajstić information content (AvgIpc) is 1.73. The van der Waals surface area contributed by atoms with Crippen molar-refractivity contribution in [2.24, 2.45) is 0 Å². The van der Waals surface area contributed by atoms with Gasteiger partial charge in [-0.05, 0) is 19.3 Å². The fraction of sp³-hybridized carbons (Fsp3) is 0.959. The van der Waals surface area contributed by atoms with E-state index in [1.54, 1.807) is 6.08 Å². The smallest absolute Gasteiger partial charge is 0.220 e. The van der Waals surface area contributed by atoms with Gasteiger partial charge in [0.2, 0.25) is 5.91 Å². The minimum atomic E-state index is -1.79. The van der Waals surface area contributed by atoms with Gasteiger partial charge in [-0.3, -0.25) is 4.79 Å². The van der Waals surface area contributed by atoms with Crippen LogP contribution >= 0.6 is 0 Å². The highest BCUT2D eigenvalue weighted by Gasteiger charge is 2.51. The summed E-state index contributed by atoms with van der Waals surface area (Å²) in [7, 11) is 0. The van der Waals surface area contributed by atoms with Gasteiger partial charge >= 0.3 is 0 Å². The molecular weight excluding hydrogens is 1110 g/mol. The van der Waals surface area contributed by atoms with Crippen LogP contribution < -0.4 is 5.32 Å². The summed E-state index contributed by atoms with van der Waals surface area (Å²) in [5.74, 6) is -0.230. The van der Waals surface area contributed by atoms with Crippen LogP contribution in [-0.2, 0) is 23.7 Å². The first-order valence-corrected chi connectivity index (χ1v) is 37.9. The Hall–Kier alpha value is -1.27. The Balaban J connectivity index is 1.57. The highest BCUT2D eigenvalue weighted by atomic mass is 16.7. The Kier molecular flexibility index (Phi) is 56.0. The molecule has 0 saturated carbocycles. The molecule has 0 aromatic heterocycles. The van der Waals surface area contributed by atoms with E-state index in [2.05, 4.69) is 19.2 Å². The molecule has 0 spiro atoms. The highest BCUT2D eigenvalue weighted by molar-refractivity contribution is 5.76. The maximum absolute atomic E-state index is 13.3. The third-order valence-corrected chi connectivity index (χ3v) is 19.0. The van der Waals surface area contributed by atoms with E-state index in [9.17, 15) is 45.6 Å². The summed E-state index contributed by atoms with van der Waals surface area (Å²) in [6, 6.07) is -0.911. The van der Waals surface area contributed by atoms with Crippen molar-refractivity contribution in [1.29, 1.82) is 0 Å². The first-order chi connectivity index (χ1) is 43.1. The molecule has 2 fully saturated rings. The molecule has 14 heteroatoms. The van der Waals surface area contributed by atoms with Gasteiger partial charge in [-0.15, -0.1) is 0 Å². The minimum Gasteiger partial charge on any atom is -0.394 e. The van der Waals surface area contributed by atoms with Gasteiger partial charge in [0.1, 0.15) is 48.8 Å². The van der Waals surface area contributed by atoms with Crippen molar-refractivity contribution in [2.45, 2.75) is 434 Å². The summed E-state index contributed by atoms with van der Waals surface area (Å²) in [5.41, 5.74) is 0. The van der Waals surface area contributed by atoms with E-state index in [-0.39, 0.29) is 18.9 Å². The molecule has 9 N–H and O–H groups in total. The number of aliphatic hydroxyl groups is 8. The first kappa shape index (κ1) is 82.8. The van der Waals surface area contributed by atoms with Crippen molar-refractivity contribution in [3.8, 4) is 0 Å². The number of carbonyl (C=O) groups excluding carboxylic acids is 1. The number of unbranched alkanes of at least 4 members (excludes halogenated alkanes) is 51. The molecule has 1 amide bonds. The van der Waals surface area contributed by atoms with E-state index in [1.165, 1.54) is 295 Å². The van der Waals surface area contributed by atoms with Gasteiger partial charge in [0, 0.05) is 6.42 Å². The topological polar surface area (TPSA) is 228 Å². The fourth-order valence-corrected chi connectivity index (χ4v) is 12.9. The van der Waals surface area contributed by atoms with E-state index in [0.717, 1.165) is 44.9 Å². The standard InChI is InChI=1S/C74H143NO13/c1-3-5-7-9-11-13-15-17-19-21-22-23-24-25-26-27-28-29-30-31-32-33-34-35-36-37-38-39-40-42-44-46-48-50-52-54-56-58-66(79)75-62(63(78)57-55-53-51-49-47-45-43-41-20-18-16-14-12-10-8-6-4-2)61-85-73-71(84)69(82)72(65(60-77)87-73)88-74-70(83)68(81)67(80)64(59-76)86-74/h55,57,62-65,67-74,76-78,80-84H,3-54,56,58-61H2,1-2H3,(H,75,79)/b57-55+. The van der Waals surface area contributed by atoms with Crippen LogP contribution in [0.1, 0.15) is 361 Å². The monoisotopic (exact) mass is 1250 g/mol. The van der Waals surface area contributed by atoms with Crippen LogP contribution in [0.5, 0.6) is 0 Å². The van der Waals surface area contributed by atoms with Crippen LogP contribution in [0.15, 0.2) is 12.2 Å². The van der Waals surface area contributed by atoms with Crippen LogP contribution in [0.25, 0.3) is 0 Å². The molecule has 2 aliphatic heterocycles. The predicted molar refractivity (Wildman–Crippen MR) is 360 cm³/mol. The maximum Gasteiger partial charge on any atom is 0.220 e. The van der Waals surface area contributed by atoms with Crippen LogP contribution in [-0.4, -0.2) is 140 Å². The second-order valence-corrected chi connectivity index (χ2v) is 27.1. The van der Waals surface area contributed by atoms with Crippen LogP contribution in [0.2, 0.25) is 0 Å². The Morgan fingerprint density at radius 2 is 0.705 bits per heavy atom. The molecule has 0 radical (unpaired) electrons. The molecule has 0 aromatic carbocycles. The highest BCUT2D eigenvalue weighted by Crippen LogP contribution is 2.30. The molecule has 12 unspecified atom stereocenters. The van der Waals surface area contributed by atoms with Crippen molar-refractivity contribution in [1.82, 2.24) is 5.32 Å².